The molecule has 31 heavy (non-hydrogen) atoms. The van der Waals surface area contributed by atoms with Crippen LogP contribution in [-0.4, -0.2) is 61.8 Å². The lowest BCUT2D eigenvalue weighted by Gasteiger charge is -2.32. The quantitative estimate of drug-likeness (QED) is 0.334. The Morgan fingerprint density at radius 1 is 1.16 bits per heavy atom. The van der Waals surface area contributed by atoms with Gasteiger partial charge in [0.2, 0.25) is 0 Å². The Bertz CT molecular complexity index is 780. The highest BCUT2D eigenvalue weighted by Crippen LogP contribution is 2.17. The number of nitrogens with zero attached hydrogens (tertiary/aromatic N) is 3. The van der Waals surface area contributed by atoms with Crippen LogP contribution in [-0.2, 0) is 17.7 Å². The summed E-state index contributed by atoms with van der Waals surface area (Å²) >= 11 is 1.78. The maximum Gasteiger partial charge on any atom is 0.190 e. The van der Waals surface area contributed by atoms with Gasteiger partial charge in [0, 0.05) is 57.7 Å². The van der Waals surface area contributed by atoms with Crippen molar-refractivity contribution in [2.45, 2.75) is 52.2 Å². The number of likely N-dealkylation sites (tertiary alicyclic amines) is 1. The molecule has 1 aliphatic heterocycles. The van der Waals surface area contributed by atoms with Crippen molar-refractivity contribution in [3.05, 3.63) is 51.5 Å². The summed E-state index contributed by atoms with van der Waals surface area (Å²) in [5, 5.41) is 7.93. The van der Waals surface area contributed by atoms with Crippen LogP contribution in [0.5, 0.6) is 0 Å². The Hall–Kier alpha value is -1.96. The van der Waals surface area contributed by atoms with Gasteiger partial charge in [-0.05, 0) is 38.7 Å². The third-order valence-electron chi connectivity index (χ3n) is 5.68. The maximum absolute atomic E-state index is 6.12. The van der Waals surface area contributed by atoms with Crippen LogP contribution in [0.4, 0.5) is 0 Å². The summed E-state index contributed by atoms with van der Waals surface area (Å²) in [6, 6.07) is 10.7. The highest BCUT2D eigenvalue weighted by molar-refractivity contribution is 7.11. The third-order valence-corrected chi connectivity index (χ3v) is 6.81. The standard InChI is InChI=1S/C24H37N5OS/c1-19-20(2)31-23(28-19)10-14-27-24(25-3)26-13-7-17-30-22-11-15-29(16-12-22)18-21-8-5-4-6-9-21/h4-6,8-9,22H,7,10-18H2,1-3H3,(H2,25,26,27). The van der Waals surface area contributed by atoms with E-state index in [1.54, 1.807) is 11.3 Å². The van der Waals surface area contributed by atoms with Crippen molar-refractivity contribution in [3.63, 3.8) is 0 Å². The molecule has 0 aliphatic carbocycles. The van der Waals surface area contributed by atoms with Crippen molar-refractivity contribution in [2.75, 3.05) is 39.8 Å². The minimum atomic E-state index is 0.398. The Balaban J connectivity index is 1.22. The molecular formula is C24H37N5OS. The van der Waals surface area contributed by atoms with E-state index in [4.69, 9.17) is 4.74 Å². The number of thiazole rings is 1. The second kappa shape index (κ2) is 12.8. The molecule has 3 rings (SSSR count). The maximum atomic E-state index is 6.12. The molecule has 7 heteroatoms. The molecule has 0 atom stereocenters. The van der Waals surface area contributed by atoms with Crippen molar-refractivity contribution in [1.29, 1.82) is 0 Å². The van der Waals surface area contributed by atoms with Crippen LogP contribution in [0.1, 0.15) is 40.4 Å². The van der Waals surface area contributed by atoms with Gasteiger partial charge in [-0.1, -0.05) is 30.3 Å². The fourth-order valence-electron chi connectivity index (χ4n) is 3.76. The Kier molecular flexibility index (Phi) is 9.78. The van der Waals surface area contributed by atoms with Crippen molar-refractivity contribution in [2.24, 2.45) is 4.99 Å². The average molecular weight is 444 g/mol. The molecule has 2 heterocycles. The van der Waals surface area contributed by atoms with Gasteiger partial charge in [-0.15, -0.1) is 11.3 Å². The predicted octanol–water partition coefficient (Wildman–Crippen LogP) is 3.54. The lowest BCUT2D eigenvalue weighted by atomic mass is 10.1. The summed E-state index contributed by atoms with van der Waals surface area (Å²) in [6.45, 7) is 9.97. The summed E-state index contributed by atoms with van der Waals surface area (Å²) in [5.41, 5.74) is 2.54. The van der Waals surface area contributed by atoms with E-state index < -0.39 is 0 Å². The first kappa shape index (κ1) is 23.7. The topological polar surface area (TPSA) is 61.8 Å². The van der Waals surface area contributed by atoms with E-state index in [1.807, 2.05) is 7.05 Å². The van der Waals surface area contributed by atoms with Crippen LogP contribution in [0.2, 0.25) is 0 Å². The minimum absolute atomic E-state index is 0.398. The highest BCUT2D eigenvalue weighted by Gasteiger charge is 2.19. The fraction of sp³-hybridized carbons (Fsp3) is 0.583. The highest BCUT2D eigenvalue weighted by atomic mass is 32.1. The second-order valence-corrected chi connectivity index (χ2v) is 9.40. The van der Waals surface area contributed by atoms with Crippen molar-refractivity contribution < 1.29 is 4.74 Å². The monoisotopic (exact) mass is 443 g/mol. The van der Waals surface area contributed by atoms with Crippen LogP contribution in [0.3, 0.4) is 0 Å². The van der Waals surface area contributed by atoms with Gasteiger partial charge in [-0.2, -0.15) is 0 Å². The van der Waals surface area contributed by atoms with Crippen LogP contribution in [0.15, 0.2) is 35.3 Å². The van der Waals surface area contributed by atoms with Crippen molar-refractivity contribution >= 4 is 17.3 Å². The van der Waals surface area contributed by atoms with Gasteiger partial charge >= 0.3 is 0 Å². The zero-order valence-corrected chi connectivity index (χ0v) is 20.0. The van der Waals surface area contributed by atoms with Gasteiger partial charge in [0.25, 0.3) is 0 Å². The first-order valence-corrected chi connectivity index (χ1v) is 12.2. The molecule has 1 aromatic heterocycles. The van der Waals surface area contributed by atoms with Crippen molar-refractivity contribution in [1.82, 2.24) is 20.5 Å². The smallest absolute Gasteiger partial charge is 0.190 e. The molecular weight excluding hydrogens is 406 g/mol. The molecule has 1 aromatic carbocycles. The van der Waals surface area contributed by atoms with Gasteiger partial charge < -0.3 is 15.4 Å². The first-order valence-electron chi connectivity index (χ1n) is 11.4. The van der Waals surface area contributed by atoms with Gasteiger partial charge in [0.1, 0.15) is 0 Å². The SMILES string of the molecule is CN=C(NCCCOC1CCN(Cc2ccccc2)CC1)NCCc1nc(C)c(C)s1. The molecule has 2 aromatic rings. The molecule has 1 aliphatic rings. The third kappa shape index (κ3) is 8.24. The van der Waals surface area contributed by atoms with Crippen LogP contribution < -0.4 is 10.6 Å². The number of benzene rings is 1. The molecule has 0 amide bonds. The summed E-state index contributed by atoms with van der Waals surface area (Å²) in [4.78, 5) is 12.7. The van der Waals surface area contributed by atoms with Gasteiger partial charge in [0.05, 0.1) is 16.8 Å². The molecule has 1 saturated heterocycles. The van der Waals surface area contributed by atoms with E-state index >= 15 is 0 Å². The van der Waals surface area contributed by atoms with E-state index in [1.165, 1.54) is 15.4 Å². The molecule has 0 unspecified atom stereocenters. The molecule has 170 valence electrons. The van der Waals surface area contributed by atoms with E-state index in [9.17, 15) is 0 Å². The van der Waals surface area contributed by atoms with E-state index in [0.29, 0.717) is 6.10 Å². The second-order valence-electron chi connectivity index (χ2n) is 8.11. The van der Waals surface area contributed by atoms with Crippen LogP contribution in [0, 0.1) is 13.8 Å². The Morgan fingerprint density at radius 2 is 1.90 bits per heavy atom. The summed E-state index contributed by atoms with van der Waals surface area (Å²) in [7, 11) is 1.81. The van der Waals surface area contributed by atoms with Gasteiger partial charge in [-0.3, -0.25) is 9.89 Å². The minimum Gasteiger partial charge on any atom is -0.378 e. The predicted molar refractivity (Wildman–Crippen MR) is 130 cm³/mol. The molecule has 0 bridgehead atoms. The summed E-state index contributed by atoms with van der Waals surface area (Å²) < 4.78 is 6.12. The number of hydrogen-bond donors (Lipinski definition) is 2. The van der Waals surface area contributed by atoms with Gasteiger partial charge in [-0.25, -0.2) is 4.98 Å². The molecule has 1 fully saturated rings. The van der Waals surface area contributed by atoms with Crippen LogP contribution in [0.25, 0.3) is 0 Å². The normalized spacial score (nSPS) is 15.9. The zero-order chi connectivity index (χ0) is 21.9. The summed E-state index contributed by atoms with van der Waals surface area (Å²) in [5.74, 6) is 0.847. The lowest BCUT2D eigenvalue weighted by molar-refractivity contribution is 0.00534. The van der Waals surface area contributed by atoms with E-state index in [-0.39, 0.29) is 0 Å². The first-order chi connectivity index (χ1) is 15.1. The molecule has 6 nitrogen and oxygen atoms in total. The molecule has 2 N–H and O–H groups in total. The molecule has 0 spiro atoms. The number of aromatic nitrogens is 1. The number of aliphatic imine (C=N–C) groups is 1. The zero-order valence-electron chi connectivity index (χ0n) is 19.2. The number of guanidine groups is 1. The number of rotatable bonds is 10. The number of ether oxygens (including phenoxy) is 1. The van der Waals surface area contributed by atoms with E-state index in [2.05, 4.69) is 69.7 Å². The van der Waals surface area contributed by atoms with Crippen molar-refractivity contribution in [3.8, 4) is 0 Å². The number of aryl methyl sites for hydroxylation is 2. The largest absolute Gasteiger partial charge is 0.378 e. The molecule has 0 radical (unpaired) electrons. The number of piperidine rings is 1. The van der Waals surface area contributed by atoms with Crippen LogP contribution >= 0.6 is 11.3 Å². The fourth-order valence-corrected chi connectivity index (χ4v) is 4.69. The number of hydrogen-bond acceptors (Lipinski definition) is 5. The number of nitrogens with one attached hydrogen (secondary N) is 2. The average Bonchev–Trinajstić information content (AvgIpc) is 3.11. The lowest BCUT2D eigenvalue weighted by Crippen LogP contribution is -2.39. The molecule has 0 saturated carbocycles. The van der Waals surface area contributed by atoms with E-state index in [0.717, 1.165) is 76.7 Å². The Morgan fingerprint density at radius 3 is 2.58 bits per heavy atom. The van der Waals surface area contributed by atoms with Gasteiger partial charge in [0.15, 0.2) is 5.96 Å². The Labute approximate surface area is 191 Å². The summed E-state index contributed by atoms with van der Waals surface area (Å²) in [6.07, 6.45) is 4.55.